The molecule has 1 aliphatic heterocycles. The molecule has 1 aliphatic rings. The van der Waals surface area contributed by atoms with E-state index in [0.717, 1.165) is 19.0 Å². The molecule has 2 unspecified atom stereocenters. The minimum atomic E-state index is -0.557. The molecule has 0 aromatic heterocycles. The van der Waals surface area contributed by atoms with Gasteiger partial charge >= 0.3 is 0 Å². The Morgan fingerprint density at radius 1 is 1.41 bits per heavy atom. The van der Waals surface area contributed by atoms with Crippen molar-refractivity contribution >= 4 is 0 Å². The fourth-order valence-electron chi connectivity index (χ4n) is 2.15. The van der Waals surface area contributed by atoms with E-state index in [2.05, 4.69) is 0 Å². The fraction of sp³-hybridized carbons (Fsp3) is 0.538. The highest BCUT2D eigenvalue weighted by molar-refractivity contribution is 5.18. The molecule has 1 saturated heterocycles. The lowest BCUT2D eigenvalue weighted by Gasteiger charge is -2.34. The van der Waals surface area contributed by atoms with Crippen LogP contribution < -0.4 is 0 Å². The van der Waals surface area contributed by atoms with Crippen LogP contribution in [0.5, 0.6) is 0 Å². The third kappa shape index (κ3) is 3.01. The average molecular weight is 241 g/mol. The van der Waals surface area contributed by atoms with E-state index < -0.39 is 11.6 Å². The molecular weight excluding hydrogens is 224 g/mol. The van der Waals surface area contributed by atoms with Gasteiger partial charge < -0.3 is 5.11 Å². The van der Waals surface area contributed by atoms with Gasteiger partial charge in [0, 0.05) is 24.7 Å². The lowest BCUT2D eigenvalue weighted by atomic mass is 9.96. The molecule has 1 aromatic carbocycles. The quantitative estimate of drug-likeness (QED) is 0.857. The molecule has 2 nitrogen and oxygen atoms in total. The maximum Gasteiger partial charge on any atom is 0.130 e. The minimum Gasteiger partial charge on any atom is -0.392 e. The summed E-state index contributed by atoms with van der Waals surface area (Å²) in [5, 5.41) is 9.74. The van der Waals surface area contributed by atoms with Crippen LogP contribution in [0.2, 0.25) is 0 Å². The maximum atomic E-state index is 13.5. The number of nitrogens with zero attached hydrogens (tertiary/aromatic N) is 1. The van der Waals surface area contributed by atoms with E-state index in [1.165, 1.54) is 12.1 Å². The molecular formula is C13H17F2NO. The summed E-state index contributed by atoms with van der Waals surface area (Å²) < 4.78 is 26.2. The molecule has 0 bridgehead atoms. The Labute approximate surface area is 99.9 Å². The molecule has 0 radical (unpaired) electrons. The van der Waals surface area contributed by atoms with E-state index in [1.54, 1.807) is 0 Å². The Balaban J connectivity index is 2.01. The summed E-state index contributed by atoms with van der Waals surface area (Å²) >= 11 is 0. The lowest BCUT2D eigenvalue weighted by Crippen LogP contribution is -2.42. The molecule has 0 spiro atoms. The summed E-state index contributed by atoms with van der Waals surface area (Å²) in [6.45, 7) is 3.84. The number of rotatable bonds is 2. The first kappa shape index (κ1) is 12.5. The predicted octanol–water partition coefficient (Wildman–Crippen LogP) is 2.17. The highest BCUT2D eigenvalue weighted by Crippen LogP contribution is 2.20. The van der Waals surface area contributed by atoms with Gasteiger partial charge in [-0.05, 0) is 24.9 Å². The summed E-state index contributed by atoms with van der Waals surface area (Å²) in [5.74, 6) is -0.777. The van der Waals surface area contributed by atoms with Crippen molar-refractivity contribution in [2.45, 2.75) is 26.0 Å². The first-order chi connectivity index (χ1) is 8.06. The molecule has 0 saturated carbocycles. The summed E-state index contributed by atoms with van der Waals surface area (Å²) in [7, 11) is 0. The monoisotopic (exact) mass is 241 g/mol. The summed E-state index contributed by atoms with van der Waals surface area (Å²) in [5.41, 5.74) is 0.480. The Morgan fingerprint density at radius 3 is 2.82 bits per heavy atom. The van der Waals surface area contributed by atoms with E-state index in [4.69, 9.17) is 0 Å². The maximum absolute atomic E-state index is 13.5. The summed E-state index contributed by atoms with van der Waals surface area (Å²) in [6, 6.07) is 3.63. The molecule has 4 heteroatoms. The van der Waals surface area contributed by atoms with Crippen molar-refractivity contribution in [3.05, 3.63) is 35.4 Å². The fourth-order valence-corrected chi connectivity index (χ4v) is 2.15. The normalized spacial score (nSPS) is 26.1. The number of piperidine rings is 1. The van der Waals surface area contributed by atoms with E-state index in [-0.39, 0.29) is 6.10 Å². The first-order valence-corrected chi connectivity index (χ1v) is 5.90. The van der Waals surface area contributed by atoms with Crippen LogP contribution in [0.1, 0.15) is 18.9 Å². The molecule has 1 heterocycles. The van der Waals surface area contributed by atoms with Gasteiger partial charge in [0.2, 0.25) is 0 Å². The topological polar surface area (TPSA) is 23.5 Å². The second-order valence-corrected chi connectivity index (χ2v) is 4.80. The molecule has 1 N–H and O–H groups in total. The SMILES string of the molecule is CC1CCN(Cc2ccc(F)cc2F)CC1O. The van der Waals surface area contributed by atoms with Gasteiger partial charge in [-0.25, -0.2) is 8.78 Å². The van der Waals surface area contributed by atoms with Crippen LogP contribution in [0, 0.1) is 17.6 Å². The van der Waals surface area contributed by atoms with Crippen LogP contribution in [0.3, 0.4) is 0 Å². The molecule has 94 valence electrons. The third-order valence-electron chi connectivity index (χ3n) is 3.41. The van der Waals surface area contributed by atoms with Crippen molar-refractivity contribution in [3.8, 4) is 0 Å². The predicted molar refractivity (Wildman–Crippen MR) is 61.4 cm³/mol. The second-order valence-electron chi connectivity index (χ2n) is 4.80. The van der Waals surface area contributed by atoms with Crippen molar-refractivity contribution in [1.82, 2.24) is 4.90 Å². The largest absolute Gasteiger partial charge is 0.392 e. The van der Waals surface area contributed by atoms with Crippen molar-refractivity contribution in [2.75, 3.05) is 13.1 Å². The zero-order chi connectivity index (χ0) is 12.4. The lowest BCUT2D eigenvalue weighted by molar-refractivity contribution is 0.0255. The van der Waals surface area contributed by atoms with Crippen LogP contribution in [0.15, 0.2) is 18.2 Å². The van der Waals surface area contributed by atoms with Crippen LogP contribution in [0.25, 0.3) is 0 Å². The number of aliphatic hydroxyl groups is 1. The van der Waals surface area contributed by atoms with Gasteiger partial charge in [-0.1, -0.05) is 13.0 Å². The Hall–Kier alpha value is -1.00. The molecule has 2 rings (SSSR count). The number of halogens is 2. The van der Waals surface area contributed by atoms with Gasteiger partial charge in [0.15, 0.2) is 0 Å². The highest BCUT2D eigenvalue weighted by Gasteiger charge is 2.24. The van der Waals surface area contributed by atoms with Crippen molar-refractivity contribution in [3.63, 3.8) is 0 Å². The van der Waals surface area contributed by atoms with E-state index in [0.29, 0.717) is 24.6 Å². The molecule has 1 aromatic rings. The smallest absolute Gasteiger partial charge is 0.130 e. The molecule has 1 fully saturated rings. The molecule has 17 heavy (non-hydrogen) atoms. The van der Waals surface area contributed by atoms with Crippen molar-refractivity contribution < 1.29 is 13.9 Å². The van der Waals surface area contributed by atoms with Crippen molar-refractivity contribution in [1.29, 1.82) is 0 Å². The number of β-amino-alcohol motifs (C(OH)–C–C–N with tert-alkyl or cyclic N) is 1. The van der Waals surface area contributed by atoms with Gasteiger partial charge in [-0.15, -0.1) is 0 Å². The molecule has 0 amide bonds. The summed E-state index contributed by atoms with van der Waals surface area (Å²) in [4.78, 5) is 2.00. The van der Waals surface area contributed by atoms with E-state index in [9.17, 15) is 13.9 Å². The van der Waals surface area contributed by atoms with Gasteiger partial charge in [-0.3, -0.25) is 4.90 Å². The summed E-state index contributed by atoms with van der Waals surface area (Å²) in [6.07, 6.45) is 0.552. The number of hydrogen-bond acceptors (Lipinski definition) is 2. The Bertz CT molecular complexity index is 397. The number of benzene rings is 1. The number of likely N-dealkylation sites (tertiary alicyclic amines) is 1. The third-order valence-corrected chi connectivity index (χ3v) is 3.41. The van der Waals surface area contributed by atoms with Crippen LogP contribution in [-0.2, 0) is 6.54 Å². The average Bonchev–Trinajstić information content (AvgIpc) is 2.27. The Morgan fingerprint density at radius 2 is 2.18 bits per heavy atom. The van der Waals surface area contributed by atoms with Gasteiger partial charge in [-0.2, -0.15) is 0 Å². The zero-order valence-corrected chi connectivity index (χ0v) is 9.87. The van der Waals surface area contributed by atoms with Crippen LogP contribution in [0.4, 0.5) is 8.78 Å². The molecule has 0 aliphatic carbocycles. The van der Waals surface area contributed by atoms with E-state index in [1.807, 2.05) is 11.8 Å². The van der Waals surface area contributed by atoms with E-state index >= 15 is 0 Å². The van der Waals surface area contributed by atoms with Crippen LogP contribution >= 0.6 is 0 Å². The van der Waals surface area contributed by atoms with Gasteiger partial charge in [0.05, 0.1) is 6.10 Å². The van der Waals surface area contributed by atoms with Gasteiger partial charge in [0.25, 0.3) is 0 Å². The van der Waals surface area contributed by atoms with Gasteiger partial charge in [0.1, 0.15) is 11.6 Å². The van der Waals surface area contributed by atoms with Crippen molar-refractivity contribution in [2.24, 2.45) is 5.92 Å². The second kappa shape index (κ2) is 5.10. The molecule has 2 atom stereocenters. The first-order valence-electron chi connectivity index (χ1n) is 5.90. The highest BCUT2D eigenvalue weighted by atomic mass is 19.1. The van der Waals surface area contributed by atoms with Crippen LogP contribution in [-0.4, -0.2) is 29.2 Å². The Kier molecular flexibility index (Phi) is 3.74. The minimum absolute atomic E-state index is 0.296. The standard InChI is InChI=1S/C13H17F2NO/c1-9-4-5-16(8-13(9)17)7-10-2-3-11(14)6-12(10)15/h2-3,6,9,13,17H,4-5,7-8H2,1H3. The number of aliphatic hydroxyl groups excluding tert-OH is 1. The number of hydrogen-bond donors (Lipinski definition) is 1. The zero-order valence-electron chi connectivity index (χ0n) is 9.87.